The van der Waals surface area contributed by atoms with Gasteiger partial charge in [0, 0.05) is 82.7 Å². The summed E-state index contributed by atoms with van der Waals surface area (Å²) >= 11 is 6.66. The number of nitrogens with zero attached hydrogens (tertiary/aromatic N) is 4. The highest BCUT2D eigenvalue weighted by Gasteiger charge is 2.32. The smallest absolute Gasteiger partial charge is 0.318 e. The molecule has 0 bridgehead atoms. The maximum Gasteiger partial charge on any atom is 0.318 e. The molecule has 208 valence electrons. The Morgan fingerprint density at radius 1 is 1.03 bits per heavy atom. The van der Waals surface area contributed by atoms with Crippen LogP contribution in [0.4, 0.5) is 16.2 Å². The van der Waals surface area contributed by atoms with Crippen molar-refractivity contribution in [2.75, 3.05) is 62.2 Å². The Balaban J connectivity index is 1.28. The van der Waals surface area contributed by atoms with Gasteiger partial charge in [-0.25, -0.2) is 4.79 Å². The van der Waals surface area contributed by atoms with E-state index in [4.69, 9.17) is 11.6 Å². The van der Waals surface area contributed by atoms with Crippen LogP contribution in [-0.4, -0.2) is 86.0 Å². The molecule has 0 radical (unpaired) electrons. The molecule has 2 aromatic carbocycles. The molecule has 39 heavy (non-hydrogen) atoms. The first kappa shape index (κ1) is 27.3. The minimum Gasteiger partial charge on any atom is -0.371 e. The van der Waals surface area contributed by atoms with Crippen LogP contribution in [0.5, 0.6) is 0 Å². The van der Waals surface area contributed by atoms with Crippen molar-refractivity contribution in [3.8, 4) is 0 Å². The lowest BCUT2D eigenvalue weighted by atomic mass is 10.1. The number of piperazine rings is 1. The number of amides is 4. The minimum atomic E-state index is -0.257. The molecular weight excluding hydrogens is 516 g/mol. The summed E-state index contributed by atoms with van der Waals surface area (Å²) < 4.78 is 0. The monoisotopic (exact) mass is 552 g/mol. The van der Waals surface area contributed by atoms with Crippen LogP contribution in [0, 0.1) is 0 Å². The third-order valence-electron chi connectivity index (χ3n) is 7.85. The van der Waals surface area contributed by atoms with Crippen molar-refractivity contribution in [2.24, 2.45) is 0 Å². The number of nitrogens with one attached hydrogen (secondary N) is 2. The van der Waals surface area contributed by atoms with Gasteiger partial charge in [-0.2, -0.15) is 0 Å². The molecule has 4 amide bonds. The van der Waals surface area contributed by atoms with Crippen LogP contribution < -0.4 is 20.4 Å². The minimum absolute atomic E-state index is 0.0514. The van der Waals surface area contributed by atoms with Gasteiger partial charge in [0.2, 0.25) is 5.91 Å². The highest BCUT2D eigenvalue weighted by Crippen LogP contribution is 2.32. The van der Waals surface area contributed by atoms with E-state index in [2.05, 4.69) is 15.5 Å². The molecule has 3 heterocycles. The Morgan fingerprint density at radius 3 is 2.51 bits per heavy atom. The van der Waals surface area contributed by atoms with Gasteiger partial charge in [-0.3, -0.25) is 9.59 Å². The summed E-state index contributed by atoms with van der Waals surface area (Å²) in [7, 11) is 0. The lowest BCUT2D eigenvalue weighted by molar-refractivity contribution is -0.131. The van der Waals surface area contributed by atoms with E-state index in [1.165, 1.54) is 0 Å². The van der Waals surface area contributed by atoms with Crippen molar-refractivity contribution < 1.29 is 14.4 Å². The zero-order valence-corrected chi connectivity index (χ0v) is 23.3. The Kier molecular flexibility index (Phi) is 8.57. The second-order valence-corrected chi connectivity index (χ2v) is 10.9. The number of hydrogen-bond donors (Lipinski definition) is 2. The number of urea groups is 1. The van der Waals surface area contributed by atoms with Gasteiger partial charge >= 0.3 is 6.03 Å². The average molecular weight is 553 g/mol. The zero-order valence-electron chi connectivity index (χ0n) is 22.5. The van der Waals surface area contributed by atoms with Gasteiger partial charge in [0.25, 0.3) is 5.91 Å². The third kappa shape index (κ3) is 6.15. The van der Waals surface area contributed by atoms with Crippen LogP contribution in [0.15, 0.2) is 42.5 Å². The number of para-hydroxylation sites is 1. The molecule has 0 unspecified atom stereocenters. The predicted octanol–water partition coefficient (Wildman–Crippen LogP) is 3.32. The largest absolute Gasteiger partial charge is 0.371 e. The highest BCUT2D eigenvalue weighted by atomic mass is 35.5. The van der Waals surface area contributed by atoms with Gasteiger partial charge in [-0.05, 0) is 49.6 Å². The van der Waals surface area contributed by atoms with Crippen LogP contribution in [0.1, 0.15) is 42.1 Å². The summed E-state index contributed by atoms with van der Waals surface area (Å²) in [6, 6.07) is 12.8. The molecule has 9 nitrogen and oxygen atoms in total. The van der Waals surface area contributed by atoms with Crippen molar-refractivity contribution in [3.05, 3.63) is 58.6 Å². The standard InChI is InChI=1S/C29H37ClN6O3/c1-21-19-36(28(38)24-9-8-23(18-25(24)30)33-14-4-5-15-33)26-7-3-2-6-22(26)20-35(21)29(39)32-11-10-27(37)34-16-12-31-13-17-34/h2-3,6-9,18,21,31H,4-5,10-17,19-20H2,1H3,(H,32,39)/t21-/m1/s1. The number of halogens is 1. The molecule has 2 N–H and O–H groups in total. The zero-order chi connectivity index (χ0) is 27.4. The lowest BCUT2D eigenvalue weighted by Gasteiger charge is -2.30. The van der Waals surface area contributed by atoms with Crippen LogP contribution in [-0.2, 0) is 11.3 Å². The first-order valence-corrected chi connectivity index (χ1v) is 14.3. The number of hydrogen-bond acceptors (Lipinski definition) is 5. The molecule has 3 aliphatic rings. The first-order valence-electron chi connectivity index (χ1n) is 13.9. The summed E-state index contributed by atoms with van der Waals surface area (Å²) in [5, 5.41) is 6.59. The summed E-state index contributed by atoms with van der Waals surface area (Å²) in [6.07, 6.45) is 2.59. The van der Waals surface area contributed by atoms with Crippen molar-refractivity contribution in [2.45, 2.75) is 38.8 Å². The fourth-order valence-corrected chi connectivity index (χ4v) is 5.87. The molecule has 0 saturated carbocycles. The normalized spacial score (nSPS) is 19.5. The molecule has 3 aliphatic heterocycles. The molecule has 10 heteroatoms. The number of benzene rings is 2. The van der Waals surface area contributed by atoms with Crippen molar-refractivity contribution in [1.29, 1.82) is 0 Å². The van der Waals surface area contributed by atoms with Gasteiger partial charge in [-0.1, -0.05) is 29.8 Å². The summed E-state index contributed by atoms with van der Waals surface area (Å²) in [5.74, 6) is -0.133. The van der Waals surface area contributed by atoms with E-state index in [-0.39, 0.29) is 36.9 Å². The van der Waals surface area contributed by atoms with Gasteiger partial charge in [0.05, 0.1) is 10.6 Å². The van der Waals surface area contributed by atoms with Gasteiger partial charge < -0.3 is 30.2 Å². The van der Waals surface area contributed by atoms with Gasteiger partial charge in [0.15, 0.2) is 0 Å². The quantitative estimate of drug-likeness (QED) is 0.594. The Bertz CT molecular complexity index is 1210. The second-order valence-electron chi connectivity index (χ2n) is 10.5. The summed E-state index contributed by atoms with van der Waals surface area (Å²) in [5.41, 5.74) is 3.15. The van der Waals surface area contributed by atoms with Crippen molar-refractivity contribution in [1.82, 2.24) is 20.4 Å². The number of anilines is 2. The van der Waals surface area contributed by atoms with E-state index in [0.717, 1.165) is 56.0 Å². The van der Waals surface area contributed by atoms with E-state index in [1.54, 1.807) is 9.80 Å². The van der Waals surface area contributed by atoms with E-state index in [9.17, 15) is 14.4 Å². The fourth-order valence-electron chi connectivity index (χ4n) is 5.62. The number of carbonyl (C=O) groups is 3. The molecular formula is C29H37ClN6O3. The number of rotatable bonds is 5. The molecule has 2 fully saturated rings. The molecule has 2 saturated heterocycles. The third-order valence-corrected chi connectivity index (χ3v) is 8.16. The van der Waals surface area contributed by atoms with E-state index < -0.39 is 0 Å². The van der Waals surface area contributed by atoms with Crippen molar-refractivity contribution in [3.63, 3.8) is 0 Å². The van der Waals surface area contributed by atoms with E-state index >= 15 is 0 Å². The van der Waals surface area contributed by atoms with Crippen LogP contribution in [0.3, 0.4) is 0 Å². The van der Waals surface area contributed by atoms with Gasteiger partial charge in [0.1, 0.15) is 0 Å². The molecule has 1 atom stereocenters. The SMILES string of the molecule is C[C@@H]1CN(C(=O)c2ccc(N3CCCC3)cc2Cl)c2ccccc2CN1C(=O)NCCC(=O)N1CCNCC1. The molecule has 2 aromatic rings. The van der Waals surface area contributed by atoms with Crippen LogP contribution >= 0.6 is 11.6 Å². The Morgan fingerprint density at radius 2 is 1.77 bits per heavy atom. The predicted molar refractivity (Wildman–Crippen MR) is 153 cm³/mol. The summed E-state index contributed by atoms with van der Waals surface area (Å²) in [4.78, 5) is 47.2. The average Bonchev–Trinajstić information content (AvgIpc) is 3.45. The summed E-state index contributed by atoms with van der Waals surface area (Å²) in [6.45, 7) is 7.89. The maximum atomic E-state index is 13.9. The molecule has 0 aromatic heterocycles. The fraction of sp³-hybridized carbons (Fsp3) is 0.483. The second kappa shape index (κ2) is 12.3. The van der Waals surface area contributed by atoms with E-state index in [1.807, 2.05) is 54.3 Å². The highest BCUT2D eigenvalue weighted by molar-refractivity contribution is 6.35. The molecule has 5 rings (SSSR count). The maximum absolute atomic E-state index is 13.9. The van der Waals surface area contributed by atoms with Crippen LogP contribution in [0.2, 0.25) is 5.02 Å². The Labute approximate surface area is 235 Å². The number of carbonyl (C=O) groups excluding carboxylic acids is 3. The van der Waals surface area contributed by atoms with Crippen LogP contribution in [0.25, 0.3) is 0 Å². The van der Waals surface area contributed by atoms with Gasteiger partial charge in [-0.15, -0.1) is 0 Å². The van der Waals surface area contributed by atoms with Crippen molar-refractivity contribution >= 4 is 40.8 Å². The number of fused-ring (bicyclic) bond motifs is 1. The topological polar surface area (TPSA) is 88.2 Å². The Hall–Kier alpha value is -3.30. The lowest BCUT2D eigenvalue weighted by Crippen LogP contribution is -2.49. The van der Waals surface area contributed by atoms with E-state index in [0.29, 0.717) is 36.8 Å². The molecule has 0 aliphatic carbocycles. The first-order chi connectivity index (χ1) is 18.9. The molecule has 0 spiro atoms.